The third-order valence-corrected chi connectivity index (χ3v) is 8.02. The lowest BCUT2D eigenvalue weighted by molar-refractivity contribution is -0.245. The summed E-state index contributed by atoms with van der Waals surface area (Å²) >= 11 is 1.51. The number of aliphatic hydroxyl groups excluding tert-OH is 1. The molecule has 12 heteroatoms. The van der Waals surface area contributed by atoms with Crippen molar-refractivity contribution in [2.24, 2.45) is 0 Å². The van der Waals surface area contributed by atoms with Gasteiger partial charge in [-0.15, -0.1) is 5.10 Å². The second kappa shape index (κ2) is 14.9. The molecule has 1 aliphatic rings. The van der Waals surface area contributed by atoms with Crippen molar-refractivity contribution in [2.45, 2.75) is 62.4 Å². The van der Waals surface area contributed by atoms with Crippen LogP contribution in [0.3, 0.4) is 0 Å². The molecule has 3 N–H and O–H groups in total. The van der Waals surface area contributed by atoms with Gasteiger partial charge in [0.1, 0.15) is 0 Å². The van der Waals surface area contributed by atoms with Crippen LogP contribution in [0.5, 0.6) is 0 Å². The first-order valence-electron chi connectivity index (χ1n) is 14.1. The molecule has 224 valence electrons. The predicted octanol–water partition coefficient (Wildman–Crippen LogP) is 5.08. The number of aliphatic hydroxyl groups is 1. The minimum Gasteiger partial charge on any atom is -0.481 e. The molecule has 0 saturated carbocycles. The number of anilines is 1. The first-order valence-corrected chi connectivity index (χ1v) is 15.1. The SMILES string of the molecule is O=C(O)CCCCC(=O)Nc1ccc(C2OC(CSc3nnnn3-c3ccccc3)CC(c3ccc(CO)cc3)O2)cc1. The molecule has 5 rings (SSSR count). The summed E-state index contributed by atoms with van der Waals surface area (Å²) < 4.78 is 14.5. The van der Waals surface area contributed by atoms with E-state index in [0.29, 0.717) is 35.9 Å². The molecule has 1 saturated heterocycles. The van der Waals surface area contributed by atoms with Crippen LogP contribution in [-0.2, 0) is 25.7 Å². The van der Waals surface area contributed by atoms with Crippen LogP contribution in [0.2, 0.25) is 0 Å². The van der Waals surface area contributed by atoms with Gasteiger partial charge < -0.3 is 25.0 Å². The van der Waals surface area contributed by atoms with Gasteiger partial charge in [0.2, 0.25) is 11.1 Å². The van der Waals surface area contributed by atoms with Crippen molar-refractivity contribution in [1.29, 1.82) is 0 Å². The summed E-state index contributed by atoms with van der Waals surface area (Å²) in [6, 6.07) is 24.7. The molecule has 1 aliphatic heterocycles. The Kier molecular flexibility index (Phi) is 10.5. The summed E-state index contributed by atoms with van der Waals surface area (Å²) in [7, 11) is 0. The average Bonchev–Trinajstić information content (AvgIpc) is 3.51. The quantitative estimate of drug-likeness (QED) is 0.140. The highest BCUT2D eigenvalue weighted by Crippen LogP contribution is 2.39. The standard InChI is InChI=1S/C31H33N5O6S/c37-19-21-10-12-22(13-11-21)27-18-26(20-43-31-33-34-35-36(31)25-6-2-1-3-7-25)41-30(42-27)23-14-16-24(17-15-23)32-28(38)8-4-5-9-29(39)40/h1-3,6-7,10-17,26-27,30,37H,4-5,8-9,18-20H2,(H,32,38)(H,39,40). The van der Waals surface area contributed by atoms with Crippen LogP contribution in [0, 0.1) is 0 Å². The summed E-state index contributed by atoms with van der Waals surface area (Å²) in [6.07, 6.45) is 0.829. The summed E-state index contributed by atoms with van der Waals surface area (Å²) in [4.78, 5) is 22.9. The smallest absolute Gasteiger partial charge is 0.303 e. The van der Waals surface area contributed by atoms with E-state index in [1.165, 1.54) is 11.8 Å². The van der Waals surface area contributed by atoms with E-state index in [2.05, 4.69) is 20.8 Å². The number of nitrogens with one attached hydrogen (secondary N) is 1. The van der Waals surface area contributed by atoms with Crippen LogP contribution < -0.4 is 5.32 Å². The van der Waals surface area contributed by atoms with Crippen molar-refractivity contribution < 1.29 is 29.3 Å². The number of carboxylic acid groups (broad SMARTS) is 1. The Morgan fingerprint density at radius 3 is 2.37 bits per heavy atom. The van der Waals surface area contributed by atoms with Crippen molar-refractivity contribution in [2.75, 3.05) is 11.1 Å². The molecule has 0 spiro atoms. The summed E-state index contributed by atoms with van der Waals surface area (Å²) in [6.45, 7) is -0.0296. The number of carboxylic acids is 1. The minimum atomic E-state index is -0.860. The van der Waals surface area contributed by atoms with E-state index in [0.717, 1.165) is 22.4 Å². The number of nitrogens with zero attached hydrogens (tertiary/aromatic N) is 4. The predicted molar refractivity (Wildman–Crippen MR) is 159 cm³/mol. The molecule has 1 fully saturated rings. The molecule has 11 nitrogen and oxygen atoms in total. The van der Waals surface area contributed by atoms with Crippen LogP contribution in [0.4, 0.5) is 5.69 Å². The number of benzene rings is 3. The van der Waals surface area contributed by atoms with Crippen molar-refractivity contribution in [3.8, 4) is 5.69 Å². The molecule has 0 radical (unpaired) electrons. The van der Waals surface area contributed by atoms with Crippen molar-refractivity contribution in [3.63, 3.8) is 0 Å². The summed E-state index contributed by atoms with van der Waals surface area (Å²) in [5.41, 5.74) is 4.13. The number of ether oxygens (including phenoxy) is 2. The van der Waals surface area contributed by atoms with E-state index in [4.69, 9.17) is 14.6 Å². The number of aliphatic carboxylic acids is 1. The van der Waals surface area contributed by atoms with Crippen molar-refractivity contribution in [3.05, 3.63) is 95.6 Å². The maximum atomic E-state index is 12.3. The Bertz CT molecular complexity index is 1480. The first kappa shape index (κ1) is 30.4. The third-order valence-electron chi connectivity index (χ3n) is 6.97. The molecule has 43 heavy (non-hydrogen) atoms. The lowest BCUT2D eigenvalue weighted by Gasteiger charge is -2.36. The van der Waals surface area contributed by atoms with Gasteiger partial charge in [0, 0.05) is 36.3 Å². The van der Waals surface area contributed by atoms with Crippen LogP contribution in [-0.4, -0.2) is 54.2 Å². The maximum Gasteiger partial charge on any atom is 0.303 e. The Balaban J connectivity index is 1.26. The van der Waals surface area contributed by atoms with Gasteiger partial charge in [-0.3, -0.25) is 9.59 Å². The fraction of sp³-hybridized carbons (Fsp3) is 0.323. The minimum absolute atomic E-state index is 0.0296. The number of rotatable bonds is 13. The molecule has 1 amide bonds. The van der Waals surface area contributed by atoms with Gasteiger partial charge in [-0.2, -0.15) is 4.68 Å². The van der Waals surface area contributed by atoms with Crippen LogP contribution >= 0.6 is 11.8 Å². The number of para-hydroxylation sites is 1. The van der Waals surface area contributed by atoms with Crippen LogP contribution in [0.15, 0.2) is 84.0 Å². The van der Waals surface area contributed by atoms with Crippen molar-refractivity contribution in [1.82, 2.24) is 20.2 Å². The number of thioether (sulfide) groups is 1. The van der Waals surface area contributed by atoms with Gasteiger partial charge >= 0.3 is 5.97 Å². The van der Waals surface area contributed by atoms with E-state index in [-0.39, 0.29) is 37.6 Å². The van der Waals surface area contributed by atoms with Gasteiger partial charge in [0.05, 0.1) is 24.5 Å². The van der Waals surface area contributed by atoms with Gasteiger partial charge in [0.15, 0.2) is 6.29 Å². The third kappa shape index (κ3) is 8.48. The number of hydrogen-bond donors (Lipinski definition) is 3. The number of aromatic nitrogens is 4. The molecule has 3 aromatic carbocycles. The fourth-order valence-electron chi connectivity index (χ4n) is 4.70. The van der Waals surface area contributed by atoms with E-state index in [1.54, 1.807) is 16.8 Å². The number of tetrazole rings is 1. The zero-order valence-corrected chi connectivity index (χ0v) is 24.2. The molecule has 1 aromatic heterocycles. The number of unbranched alkanes of at least 4 members (excludes halogenated alkanes) is 1. The van der Waals surface area contributed by atoms with Crippen LogP contribution in [0.25, 0.3) is 5.69 Å². The Labute approximate surface area is 253 Å². The monoisotopic (exact) mass is 603 g/mol. The molecular weight excluding hydrogens is 570 g/mol. The van der Waals surface area contributed by atoms with Crippen molar-refractivity contribution >= 4 is 29.3 Å². The number of hydrogen-bond acceptors (Lipinski definition) is 9. The van der Waals surface area contributed by atoms with Crippen LogP contribution in [0.1, 0.15) is 61.2 Å². The molecule has 2 heterocycles. The second-order valence-corrected chi connectivity index (χ2v) is 11.1. The molecule has 3 atom stereocenters. The van der Waals surface area contributed by atoms with Gasteiger partial charge in [-0.25, -0.2) is 0 Å². The van der Waals surface area contributed by atoms with E-state index < -0.39 is 12.3 Å². The second-order valence-electron chi connectivity index (χ2n) is 10.1. The van der Waals surface area contributed by atoms with Gasteiger partial charge in [0.25, 0.3) is 0 Å². The number of carbonyl (C=O) groups excluding carboxylic acids is 1. The molecule has 4 aromatic rings. The lowest BCUT2D eigenvalue weighted by atomic mass is 10.0. The van der Waals surface area contributed by atoms with E-state index >= 15 is 0 Å². The van der Waals surface area contributed by atoms with Gasteiger partial charge in [-0.05, 0) is 58.7 Å². The zero-order valence-electron chi connectivity index (χ0n) is 23.4. The van der Waals surface area contributed by atoms with Gasteiger partial charge in [-0.1, -0.05) is 66.4 Å². The summed E-state index contributed by atoms with van der Waals surface area (Å²) in [5.74, 6) is -0.431. The fourth-order valence-corrected chi connectivity index (χ4v) is 5.61. The number of amides is 1. The highest BCUT2D eigenvalue weighted by atomic mass is 32.2. The number of carbonyl (C=O) groups is 2. The van der Waals surface area contributed by atoms with E-state index in [9.17, 15) is 14.7 Å². The topological polar surface area (TPSA) is 149 Å². The molecule has 0 bridgehead atoms. The maximum absolute atomic E-state index is 12.3. The summed E-state index contributed by atoms with van der Waals surface area (Å²) in [5, 5.41) is 33.9. The largest absolute Gasteiger partial charge is 0.481 e. The highest BCUT2D eigenvalue weighted by molar-refractivity contribution is 7.99. The normalized spacial score (nSPS) is 18.3. The molecule has 0 aliphatic carbocycles. The molecular formula is C31H33N5O6S. The zero-order chi connectivity index (χ0) is 30.0. The van der Waals surface area contributed by atoms with E-state index in [1.807, 2.05) is 66.7 Å². The lowest BCUT2D eigenvalue weighted by Crippen LogP contribution is -2.31. The first-order chi connectivity index (χ1) is 21.0. The highest BCUT2D eigenvalue weighted by Gasteiger charge is 2.32. The Hall–Kier alpha value is -4.10. The Morgan fingerprint density at radius 1 is 0.930 bits per heavy atom. The molecule has 3 unspecified atom stereocenters. The Morgan fingerprint density at radius 2 is 1.65 bits per heavy atom. The average molecular weight is 604 g/mol.